The molecule has 2 N–H and O–H groups in total. The third-order valence-electron chi connectivity index (χ3n) is 4.00. The zero-order valence-corrected chi connectivity index (χ0v) is 15.1. The van der Waals surface area contributed by atoms with Gasteiger partial charge in [-0.2, -0.15) is 0 Å². The molecule has 3 aromatic rings. The van der Waals surface area contributed by atoms with E-state index in [1.54, 1.807) is 0 Å². The fraction of sp³-hybridized carbons (Fsp3) is 0. The number of nitrogens with zero attached hydrogens (tertiary/aromatic N) is 3. The number of nitro benzene ring substituents is 2. The van der Waals surface area contributed by atoms with Gasteiger partial charge in [0.2, 0.25) is 0 Å². The monoisotopic (exact) mass is 407 g/mol. The average molecular weight is 407 g/mol. The molecule has 0 fully saturated rings. The number of amides is 2. The van der Waals surface area contributed by atoms with E-state index in [2.05, 4.69) is 15.6 Å². The van der Waals surface area contributed by atoms with Gasteiger partial charge in [0.1, 0.15) is 0 Å². The summed E-state index contributed by atoms with van der Waals surface area (Å²) in [6.07, 6.45) is 2.74. The summed E-state index contributed by atoms with van der Waals surface area (Å²) >= 11 is 0. The summed E-state index contributed by atoms with van der Waals surface area (Å²) in [6, 6.07) is 11.5. The number of nitro groups is 2. The van der Waals surface area contributed by atoms with E-state index in [9.17, 15) is 29.8 Å². The minimum absolute atomic E-state index is 0.147. The van der Waals surface area contributed by atoms with E-state index in [4.69, 9.17) is 0 Å². The van der Waals surface area contributed by atoms with E-state index in [1.807, 2.05) is 0 Å². The average Bonchev–Trinajstić information content (AvgIpc) is 2.75. The van der Waals surface area contributed by atoms with E-state index < -0.39 is 21.7 Å². The second-order valence-corrected chi connectivity index (χ2v) is 5.94. The van der Waals surface area contributed by atoms with E-state index >= 15 is 0 Å². The Morgan fingerprint density at radius 3 is 1.57 bits per heavy atom. The Hall–Kier alpha value is -4.67. The summed E-state index contributed by atoms with van der Waals surface area (Å²) in [5.74, 6) is -1.09. The van der Waals surface area contributed by atoms with Gasteiger partial charge in [0.05, 0.1) is 27.4 Å². The van der Waals surface area contributed by atoms with E-state index in [0.717, 1.165) is 0 Å². The van der Waals surface area contributed by atoms with Crippen LogP contribution in [0.4, 0.5) is 22.7 Å². The Balaban J connectivity index is 1.75. The van der Waals surface area contributed by atoms with Gasteiger partial charge in [-0.05, 0) is 30.3 Å². The third kappa shape index (κ3) is 4.59. The Bertz CT molecular complexity index is 1040. The molecule has 0 atom stereocenters. The van der Waals surface area contributed by atoms with Crippen LogP contribution >= 0.6 is 0 Å². The lowest BCUT2D eigenvalue weighted by Gasteiger charge is -2.12. The quantitative estimate of drug-likeness (QED) is 0.468. The van der Waals surface area contributed by atoms with Crippen LogP contribution in [-0.2, 0) is 0 Å². The highest BCUT2D eigenvalue weighted by Crippen LogP contribution is 2.22. The molecule has 2 aromatic carbocycles. The minimum Gasteiger partial charge on any atom is -0.320 e. The van der Waals surface area contributed by atoms with Crippen LogP contribution in [0.3, 0.4) is 0 Å². The highest BCUT2D eigenvalue weighted by Gasteiger charge is 2.15. The van der Waals surface area contributed by atoms with Crippen molar-refractivity contribution in [3.8, 4) is 0 Å². The molecule has 0 unspecified atom stereocenters. The first-order valence-electron chi connectivity index (χ1n) is 8.41. The maximum Gasteiger partial charge on any atom is 0.269 e. The highest BCUT2D eigenvalue weighted by molar-refractivity contribution is 6.09. The van der Waals surface area contributed by atoms with Gasteiger partial charge in [-0.25, -0.2) is 0 Å². The van der Waals surface area contributed by atoms with Crippen LogP contribution in [0.2, 0.25) is 0 Å². The molecule has 0 saturated carbocycles. The smallest absolute Gasteiger partial charge is 0.269 e. The number of hydrogen-bond acceptors (Lipinski definition) is 7. The number of benzene rings is 2. The summed E-state index contributed by atoms with van der Waals surface area (Å²) in [5, 5.41) is 26.6. The van der Waals surface area contributed by atoms with Crippen molar-refractivity contribution in [1.82, 2.24) is 4.98 Å². The topological polar surface area (TPSA) is 157 Å². The maximum atomic E-state index is 12.4. The first-order valence-corrected chi connectivity index (χ1v) is 8.41. The molecule has 30 heavy (non-hydrogen) atoms. The highest BCUT2D eigenvalue weighted by atomic mass is 16.6. The molecule has 150 valence electrons. The van der Waals surface area contributed by atoms with Gasteiger partial charge in [-0.15, -0.1) is 0 Å². The van der Waals surface area contributed by atoms with Gasteiger partial charge >= 0.3 is 0 Å². The van der Waals surface area contributed by atoms with Gasteiger partial charge in [0.15, 0.2) is 0 Å². The third-order valence-corrected chi connectivity index (χ3v) is 4.00. The van der Waals surface area contributed by atoms with Gasteiger partial charge in [-0.1, -0.05) is 0 Å². The lowest BCUT2D eigenvalue weighted by Crippen LogP contribution is -2.17. The van der Waals surface area contributed by atoms with Crippen molar-refractivity contribution in [3.05, 3.63) is 98.3 Å². The Kier molecular flexibility index (Phi) is 5.73. The standard InChI is InChI=1S/C19H13N5O6/c25-18(12-1-5-14(6-2-12)23(27)28)21-16-9-10-20-11-17(16)22-19(26)13-3-7-15(8-4-13)24(29)30/h1-11H,(H,22,26)(H,20,21,25). The lowest BCUT2D eigenvalue weighted by molar-refractivity contribution is -0.385. The zero-order chi connectivity index (χ0) is 21.7. The molecule has 1 heterocycles. The Morgan fingerprint density at radius 1 is 0.700 bits per heavy atom. The largest absolute Gasteiger partial charge is 0.320 e. The molecule has 2 amide bonds. The second-order valence-electron chi connectivity index (χ2n) is 5.94. The van der Waals surface area contributed by atoms with Crippen molar-refractivity contribution >= 4 is 34.6 Å². The predicted molar refractivity (Wildman–Crippen MR) is 106 cm³/mol. The summed E-state index contributed by atoms with van der Waals surface area (Å²) in [6.45, 7) is 0. The van der Waals surface area contributed by atoms with Crippen molar-refractivity contribution in [2.24, 2.45) is 0 Å². The fourth-order valence-corrected chi connectivity index (χ4v) is 2.46. The number of non-ortho nitro benzene ring substituents is 2. The first-order chi connectivity index (χ1) is 14.3. The first kappa shape index (κ1) is 20.1. The van der Waals surface area contributed by atoms with Crippen LogP contribution in [0.1, 0.15) is 20.7 Å². The number of rotatable bonds is 6. The second kappa shape index (κ2) is 8.56. The van der Waals surface area contributed by atoms with Crippen molar-refractivity contribution in [3.63, 3.8) is 0 Å². The van der Waals surface area contributed by atoms with Crippen LogP contribution in [-0.4, -0.2) is 26.6 Å². The normalized spacial score (nSPS) is 10.1. The molecule has 0 spiro atoms. The molecule has 0 aliphatic carbocycles. The predicted octanol–water partition coefficient (Wildman–Crippen LogP) is 3.40. The minimum atomic E-state index is -0.575. The van der Waals surface area contributed by atoms with Crippen LogP contribution < -0.4 is 10.6 Å². The number of anilines is 2. The van der Waals surface area contributed by atoms with Crippen molar-refractivity contribution in [2.45, 2.75) is 0 Å². The molecule has 0 aliphatic rings. The Morgan fingerprint density at radius 2 is 1.13 bits per heavy atom. The van der Waals surface area contributed by atoms with E-state index in [-0.39, 0.29) is 33.9 Å². The summed E-state index contributed by atoms with van der Waals surface area (Å²) < 4.78 is 0. The number of hydrogen-bond donors (Lipinski definition) is 2. The van der Waals surface area contributed by atoms with Crippen LogP contribution in [0.5, 0.6) is 0 Å². The number of carbonyl (C=O) groups excluding carboxylic acids is 2. The van der Waals surface area contributed by atoms with Crippen LogP contribution in [0, 0.1) is 20.2 Å². The number of carbonyl (C=O) groups is 2. The van der Waals surface area contributed by atoms with E-state index in [0.29, 0.717) is 0 Å². The maximum absolute atomic E-state index is 12.4. The zero-order valence-electron chi connectivity index (χ0n) is 15.1. The summed E-state index contributed by atoms with van der Waals surface area (Å²) in [4.78, 5) is 49.0. The van der Waals surface area contributed by atoms with Gasteiger partial charge in [0, 0.05) is 41.6 Å². The molecule has 0 saturated heterocycles. The molecule has 11 heteroatoms. The van der Waals surface area contributed by atoms with Crippen molar-refractivity contribution in [1.29, 1.82) is 0 Å². The molecule has 0 radical (unpaired) electrons. The molecule has 0 bridgehead atoms. The van der Waals surface area contributed by atoms with Crippen molar-refractivity contribution < 1.29 is 19.4 Å². The summed E-state index contributed by atoms with van der Waals surface area (Å²) in [5.41, 5.74) is 0.525. The molecule has 0 aliphatic heterocycles. The van der Waals surface area contributed by atoms with Gasteiger partial charge in [-0.3, -0.25) is 34.8 Å². The van der Waals surface area contributed by atoms with Gasteiger partial charge < -0.3 is 10.6 Å². The van der Waals surface area contributed by atoms with Crippen LogP contribution in [0.25, 0.3) is 0 Å². The SMILES string of the molecule is O=C(Nc1ccncc1NC(=O)c1ccc([N+](=O)[O-])cc1)c1ccc([N+](=O)[O-])cc1. The molecular formula is C19H13N5O6. The Labute approximate surface area is 168 Å². The molecular weight excluding hydrogens is 394 g/mol. The lowest BCUT2D eigenvalue weighted by atomic mass is 10.2. The molecule has 3 rings (SSSR count). The molecule has 1 aromatic heterocycles. The number of aromatic nitrogens is 1. The summed E-state index contributed by atoms with van der Waals surface area (Å²) in [7, 11) is 0. The van der Waals surface area contributed by atoms with E-state index in [1.165, 1.54) is 67.0 Å². The number of pyridine rings is 1. The molecule has 11 nitrogen and oxygen atoms in total. The number of nitrogens with one attached hydrogen (secondary N) is 2. The van der Waals surface area contributed by atoms with Gasteiger partial charge in [0.25, 0.3) is 23.2 Å². The fourth-order valence-electron chi connectivity index (χ4n) is 2.46. The van der Waals surface area contributed by atoms with Crippen LogP contribution in [0.15, 0.2) is 67.0 Å². The van der Waals surface area contributed by atoms with Crippen molar-refractivity contribution in [2.75, 3.05) is 10.6 Å².